The van der Waals surface area contributed by atoms with Crippen molar-refractivity contribution in [3.63, 3.8) is 0 Å². The van der Waals surface area contributed by atoms with Gasteiger partial charge >= 0.3 is 6.18 Å². The molecule has 12 heteroatoms. The summed E-state index contributed by atoms with van der Waals surface area (Å²) in [6.07, 6.45) is -2.50. The number of hydrogen-bond donors (Lipinski definition) is 4. The maximum Gasteiger partial charge on any atom is 0.417 e. The molecule has 35 heavy (non-hydrogen) atoms. The number of halogens is 4. The van der Waals surface area contributed by atoms with Gasteiger partial charge < -0.3 is 20.8 Å². The normalized spacial score (nSPS) is 13.4. The van der Waals surface area contributed by atoms with Gasteiger partial charge in [-0.3, -0.25) is 5.10 Å². The minimum atomic E-state index is -4.64. The molecule has 0 saturated heterocycles. The van der Waals surface area contributed by atoms with Crippen LogP contribution in [0.5, 0.6) is 5.88 Å². The molecule has 1 atom stereocenters. The van der Waals surface area contributed by atoms with Crippen LogP contribution in [0, 0.1) is 0 Å². The number of nitrogens with two attached hydrogens (primary N) is 1. The lowest BCUT2D eigenvalue weighted by Gasteiger charge is -2.18. The molecule has 2 aromatic carbocycles. The maximum atomic E-state index is 13.8. The number of likely N-dealkylation sites (N-methyl/N-ethyl adjacent to an activating group) is 1. The fourth-order valence-electron chi connectivity index (χ4n) is 3.55. The van der Waals surface area contributed by atoms with Crippen LogP contribution in [0.3, 0.4) is 0 Å². The first kappa shape index (κ1) is 25.0. The summed E-state index contributed by atoms with van der Waals surface area (Å²) in [6.45, 7) is 0.208. The monoisotopic (exact) mass is 523 g/mol. The van der Waals surface area contributed by atoms with E-state index in [0.717, 1.165) is 28.3 Å². The molecule has 0 spiro atoms. The van der Waals surface area contributed by atoms with Crippen LogP contribution in [0.4, 0.5) is 18.3 Å². The minimum Gasteiger partial charge on any atom is -0.492 e. The van der Waals surface area contributed by atoms with Crippen molar-refractivity contribution in [2.75, 3.05) is 25.0 Å². The highest BCUT2D eigenvalue weighted by Gasteiger charge is 2.33. The Labute approximate surface area is 207 Å². The number of nitrogens with zero attached hydrogens (tertiary/aromatic N) is 3. The first-order valence-corrected chi connectivity index (χ1v) is 11.6. The number of alkyl halides is 3. The SMILES string of the molecule is CN(CC(O)CN)c1nc(O)c(C(=Cc2ccc(Cl)cc2C(F)(F)F)c2ccc3[nH]ncc3c2)s1. The summed E-state index contributed by atoms with van der Waals surface area (Å²) in [7, 11) is 1.67. The van der Waals surface area contributed by atoms with Crippen molar-refractivity contribution in [1.82, 2.24) is 15.2 Å². The molecular weight excluding hydrogens is 503 g/mol. The zero-order valence-electron chi connectivity index (χ0n) is 18.3. The van der Waals surface area contributed by atoms with E-state index in [4.69, 9.17) is 17.3 Å². The van der Waals surface area contributed by atoms with Crippen molar-refractivity contribution in [2.45, 2.75) is 12.3 Å². The number of aromatic nitrogens is 3. The Kier molecular flexibility index (Phi) is 7.04. The second-order valence-corrected chi connectivity index (χ2v) is 9.29. The molecule has 1 unspecified atom stereocenters. The Balaban J connectivity index is 1.89. The van der Waals surface area contributed by atoms with E-state index in [-0.39, 0.29) is 34.4 Å². The molecule has 0 bridgehead atoms. The number of fused-ring (bicyclic) bond motifs is 1. The van der Waals surface area contributed by atoms with Crippen LogP contribution in [-0.2, 0) is 6.18 Å². The van der Waals surface area contributed by atoms with Gasteiger partial charge in [0, 0.05) is 36.1 Å². The number of benzene rings is 2. The summed E-state index contributed by atoms with van der Waals surface area (Å²) in [4.78, 5) is 6.05. The maximum absolute atomic E-state index is 13.8. The lowest BCUT2D eigenvalue weighted by atomic mass is 9.98. The number of aromatic amines is 1. The lowest BCUT2D eigenvalue weighted by molar-refractivity contribution is -0.137. The first-order chi connectivity index (χ1) is 16.6. The van der Waals surface area contributed by atoms with Crippen LogP contribution in [0.1, 0.15) is 21.6 Å². The number of hydrogen-bond acceptors (Lipinski definition) is 7. The van der Waals surface area contributed by atoms with Gasteiger partial charge in [-0.25, -0.2) is 0 Å². The topological polar surface area (TPSA) is 111 Å². The fraction of sp³-hybridized carbons (Fsp3) is 0.217. The number of aliphatic hydroxyl groups is 1. The molecule has 2 aromatic heterocycles. The van der Waals surface area contributed by atoms with E-state index >= 15 is 0 Å². The first-order valence-electron chi connectivity index (χ1n) is 10.4. The highest BCUT2D eigenvalue weighted by molar-refractivity contribution is 7.17. The molecule has 0 aliphatic carbocycles. The third-order valence-corrected chi connectivity index (χ3v) is 6.72. The van der Waals surface area contributed by atoms with Crippen LogP contribution >= 0.6 is 22.9 Å². The van der Waals surface area contributed by atoms with Gasteiger partial charge in [0.2, 0.25) is 5.88 Å². The Morgan fingerprint density at radius 3 is 2.77 bits per heavy atom. The van der Waals surface area contributed by atoms with Crippen LogP contribution in [0.2, 0.25) is 5.02 Å². The molecule has 0 amide bonds. The van der Waals surface area contributed by atoms with E-state index in [9.17, 15) is 23.4 Å². The summed E-state index contributed by atoms with van der Waals surface area (Å²) >= 11 is 6.93. The predicted molar refractivity (Wildman–Crippen MR) is 132 cm³/mol. The Bertz CT molecular complexity index is 1390. The average molecular weight is 524 g/mol. The zero-order valence-corrected chi connectivity index (χ0v) is 19.9. The van der Waals surface area contributed by atoms with Gasteiger partial charge in [-0.05, 0) is 41.5 Å². The third-order valence-electron chi connectivity index (χ3n) is 5.30. The molecular formula is C23H21ClF3N5O2S. The molecule has 0 fully saturated rings. The Hall–Kier alpha value is -3.12. The van der Waals surface area contributed by atoms with E-state index in [2.05, 4.69) is 15.2 Å². The average Bonchev–Trinajstić information content (AvgIpc) is 3.43. The molecule has 7 nitrogen and oxygen atoms in total. The number of aromatic hydroxyl groups is 1. The minimum absolute atomic E-state index is 0.0427. The number of rotatable bonds is 7. The molecule has 4 rings (SSSR count). The van der Waals surface area contributed by atoms with Crippen LogP contribution < -0.4 is 10.6 Å². The lowest BCUT2D eigenvalue weighted by Crippen LogP contribution is -2.33. The van der Waals surface area contributed by atoms with Crippen LogP contribution in [0.25, 0.3) is 22.6 Å². The molecule has 5 N–H and O–H groups in total. The summed E-state index contributed by atoms with van der Waals surface area (Å²) in [6, 6.07) is 8.75. The standard InChI is InChI=1S/C23H21ClF3N5O2S/c1-32(11-16(33)9-28)22-30-21(34)20(35-22)17(12-3-5-19-14(6-12)10-29-31-19)7-13-2-4-15(24)8-18(13)23(25,26)27/h2-8,10,16,33-34H,9,11,28H2,1H3,(H,29,31). The summed E-state index contributed by atoms with van der Waals surface area (Å²) in [5.74, 6) is -0.347. The quantitative estimate of drug-likeness (QED) is 0.260. The van der Waals surface area contributed by atoms with Crippen molar-refractivity contribution in [2.24, 2.45) is 5.73 Å². The molecule has 2 heterocycles. The second-order valence-electron chi connectivity index (χ2n) is 7.88. The largest absolute Gasteiger partial charge is 0.492 e. The van der Waals surface area contributed by atoms with E-state index in [0.29, 0.717) is 16.3 Å². The molecule has 0 saturated carbocycles. The summed E-state index contributed by atoms with van der Waals surface area (Å²) in [5, 5.41) is 28.5. The van der Waals surface area contributed by atoms with Gasteiger partial charge in [0.1, 0.15) is 4.88 Å². The number of anilines is 1. The molecule has 0 aliphatic heterocycles. The van der Waals surface area contributed by atoms with Crippen molar-refractivity contribution >= 4 is 50.6 Å². The number of H-pyrrole nitrogens is 1. The third kappa shape index (κ3) is 5.43. The summed E-state index contributed by atoms with van der Waals surface area (Å²) in [5.41, 5.74) is 6.09. The molecule has 0 aliphatic rings. The highest BCUT2D eigenvalue weighted by Crippen LogP contribution is 2.42. The van der Waals surface area contributed by atoms with E-state index in [1.54, 1.807) is 36.3 Å². The van der Waals surface area contributed by atoms with Gasteiger partial charge in [-0.15, -0.1) is 0 Å². The van der Waals surface area contributed by atoms with Gasteiger partial charge in [0.05, 0.1) is 23.4 Å². The Morgan fingerprint density at radius 2 is 2.06 bits per heavy atom. The van der Waals surface area contributed by atoms with Crippen molar-refractivity contribution in [3.8, 4) is 5.88 Å². The summed E-state index contributed by atoms with van der Waals surface area (Å²) < 4.78 is 41.4. The molecule has 184 valence electrons. The number of aliphatic hydroxyl groups excluding tert-OH is 1. The van der Waals surface area contributed by atoms with E-state index in [1.807, 2.05) is 0 Å². The van der Waals surface area contributed by atoms with Gasteiger partial charge in [-0.1, -0.05) is 35.1 Å². The highest BCUT2D eigenvalue weighted by atomic mass is 35.5. The van der Waals surface area contributed by atoms with Crippen molar-refractivity contribution in [1.29, 1.82) is 0 Å². The molecule has 0 radical (unpaired) electrons. The van der Waals surface area contributed by atoms with Gasteiger partial charge in [-0.2, -0.15) is 23.3 Å². The Morgan fingerprint density at radius 1 is 1.29 bits per heavy atom. The number of thiazole rings is 1. The van der Waals surface area contributed by atoms with E-state index < -0.39 is 17.8 Å². The molecule has 4 aromatic rings. The zero-order chi connectivity index (χ0) is 25.3. The van der Waals surface area contributed by atoms with Crippen LogP contribution in [0.15, 0.2) is 42.6 Å². The van der Waals surface area contributed by atoms with Gasteiger partial charge in [0.25, 0.3) is 0 Å². The number of nitrogens with one attached hydrogen (secondary N) is 1. The van der Waals surface area contributed by atoms with E-state index in [1.165, 1.54) is 18.2 Å². The smallest absolute Gasteiger partial charge is 0.417 e. The fourth-order valence-corrected chi connectivity index (χ4v) is 4.69. The van der Waals surface area contributed by atoms with Gasteiger partial charge in [0.15, 0.2) is 5.13 Å². The predicted octanol–water partition coefficient (Wildman–Crippen LogP) is 4.74. The van der Waals surface area contributed by atoms with Crippen molar-refractivity contribution in [3.05, 3.63) is 69.2 Å². The van der Waals surface area contributed by atoms with Crippen molar-refractivity contribution < 1.29 is 23.4 Å². The van der Waals surface area contributed by atoms with Crippen LogP contribution in [-0.4, -0.2) is 51.6 Å². The second kappa shape index (κ2) is 9.86.